The standard InChI is InChI=1S/C16H12O/c17-14-10-9-12-5-1-3-7-15(12)16-8-4-2-6-13(16)11-14/h1-11,17H. The van der Waals surface area contributed by atoms with Crippen molar-refractivity contribution in [3.8, 4) is 11.1 Å². The minimum atomic E-state index is 0.284. The number of fused-ring (bicyclic) bond motifs is 3. The van der Waals surface area contributed by atoms with Crippen LogP contribution in [-0.4, -0.2) is 5.11 Å². The number of hydrogen-bond donors (Lipinski definition) is 1. The van der Waals surface area contributed by atoms with E-state index in [0.717, 1.165) is 16.7 Å². The van der Waals surface area contributed by atoms with Gasteiger partial charge in [0.05, 0.1) is 0 Å². The van der Waals surface area contributed by atoms with Gasteiger partial charge in [-0.3, -0.25) is 0 Å². The number of aliphatic hydroxyl groups excluding tert-OH is 1. The predicted octanol–water partition coefficient (Wildman–Crippen LogP) is 4.28. The molecular formula is C16H12O. The summed E-state index contributed by atoms with van der Waals surface area (Å²) in [6, 6.07) is 16.3. The Morgan fingerprint density at radius 1 is 0.647 bits per heavy atom. The van der Waals surface area contributed by atoms with Crippen LogP contribution in [0.1, 0.15) is 11.1 Å². The lowest BCUT2D eigenvalue weighted by molar-refractivity contribution is 0.438. The Morgan fingerprint density at radius 2 is 1.24 bits per heavy atom. The summed E-state index contributed by atoms with van der Waals surface area (Å²) >= 11 is 0. The molecule has 82 valence electrons. The molecule has 0 spiro atoms. The van der Waals surface area contributed by atoms with Gasteiger partial charge < -0.3 is 5.11 Å². The molecule has 1 N–H and O–H groups in total. The molecule has 2 aromatic rings. The van der Waals surface area contributed by atoms with Crippen LogP contribution in [0.4, 0.5) is 0 Å². The second kappa shape index (κ2) is 3.95. The van der Waals surface area contributed by atoms with Gasteiger partial charge >= 0.3 is 0 Å². The van der Waals surface area contributed by atoms with Crippen molar-refractivity contribution in [3.63, 3.8) is 0 Å². The van der Waals surface area contributed by atoms with Crippen molar-refractivity contribution in [1.29, 1.82) is 0 Å². The second-order valence-corrected chi connectivity index (χ2v) is 4.08. The maximum absolute atomic E-state index is 9.76. The average Bonchev–Trinajstić information content (AvgIpc) is 2.36. The van der Waals surface area contributed by atoms with Crippen LogP contribution in [0, 0.1) is 0 Å². The lowest BCUT2D eigenvalue weighted by Gasteiger charge is -2.12. The summed E-state index contributed by atoms with van der Waals surface area (Å²) in [7, 11) is 0. The molecule has 1 aliphatic rings. The Kier molecular flexibility index (Phi) is 2.30. The minimum Gasteiger partial charge on any atom is -0.508 e. The first kappa shape index (κ1) is 9.91. The predicted molar refractivity (Wildman–Crippen MR) is 71.5 cm³/mol. The molecule has 0 fully saturated rings. The molecule has 1 heteroatoms. The summed E-state index contributed by atoms with van der Waals surface area (Å²) in [5, 5.41) is 9.76. The zero-order valence-corrected chi connectivity index (χ0v) is 9.30. The molecule has 0 saturated heterocycles. The van der Waals surface area contributed by atoms with Crippen LogP contribution in [0.5, 0.6) is 0 Å². The van der Waals surface area contributed by atoms with E-state index in [2.05, 4.69) is 18.2 Å². The third-order valence-corrected chi connectivity index (χ3v) is 2.95. The molecule has 1 aliphatic carbocycles. The molecule has 0 unspecified atom stereocenters. The van der Waals surface area contributed by atoms with Gasteiger partial charge in [0.25, 0.3) is 0 Å². The van der Waals surface area contributed by atoms with E-state index in [1.807, 2.05) is 36.4 Å². The van der Waals surface area contributed by atoms with Crippen LogP contribution in [0.2, 0.25) is 0 Å². The van der Waals surface area contributed by atoms with E-state index < -0.39 is 0 Å². The van der Waals surface area contributed by atoms with Gasteiger partial charge in [0.1, 0.15) is 5.76 Å². The molecule has 0 radical (unpaired) electrons. The van der Waals surface area contributed by atoms with Crippen molar-refractivity contribution in [3.05, 3.63) is 71.5 Å². The first-order valence-electron chi connectivity index (χ1n) is 5.62. The number of aliphatic hydroxyl groups is 1. The third kappa shape index (κ3) is 1.76. The van der Waals surface area contributed by atoms with Gasteiger partial charge in [0, 0.05) is 0 Å². The van der Waals surface area contributed by atoms with Crippen LogP contribution in [0.15, 0.2) is 60.4 Å². The van der Waals surface area contributed by atoms with Crippen LogP contribution < -0.4 is 0 Å². The first-order chi connectivity index (χ1) is 8.34. The molecule has 0 atom stereocenters. The molecule has 17 heavy (non-hydrogen) atoms. The minimum absolute atomic E-state index is 0.284. The molecule has 0 saturated carbocycles. The highest BCUT2D eigenvalue weighted by molar-refractivity contribution is 5.84. The lowest BCUT2D eigenvalue weighted by atomic mass is 9.93. The quantitative estimate of drug-likeness (QED) is 0.702. The maximum atomic E-state index is 9.76. The van der Waals surface area contributed by atoms with Crippen molar-refractivity contribution in [2.45, 2.75) is 0 Å². The first-order valence-corrected chi connectivity index (χ1v) is 5.62. The monoisotopic (exact) mass is 220 g/mol. The number of rotatable bonds is 0. The topological polar surface area (TPSA) is 20.2 Å². The largest absolute Gasteiger partial charge is 0.508 e. The number of allylic oxidation sites excluding steroid dienone is 1. The molecule has 1 nitrogen and oxygen atoms in total. The fourth-order valence-corrected chi connectivity index (χ4v) is 2.14. The second-order valence-electron chi connectivity index (χ2n) is 4.08. The Morgan fingerprint density at radius 3 is 2.00 bits per heavy atom. The van der Waals surface area contributed by atoms with E-state index in [0.29, 0.717) is 0 Å². The van der Waals surface area contributed by atoms with Gasteiger partial charge in [-0.05, 0) is 34.4 Å². The summed E-state index contributed by atoms with van der Waals surface area (Å²) in [5.74, 6) is 0.284. The van der Waals surface area contributed by atoms with Crippen molar-refractivity contribution < 1.29 is 5.11 Å². The maximum Gasteiger partial charge on any atom is 0.116 e. The van der Waals surface area contributed by atoms with Gasteiger partial charge in [-0.15, -0.1) is 0 Å². The molecule has 2 aromatic carbocycles. The van der Waals surface area contributed by atoms with Crippen molar-refractivity contribution in [2.75, 3.05) is 0 Å². The Bertz CT molecular complexity index is 621. The highest BCUT2D eigenvalue weighted by Gasteiger charge is 2.08. The van der Waals surface area contributed by atoms with Gasteiger partial charge in [0.2, 0.25) is 0 Å². The average molecular weight is 220 g/mol. The van der Waals surface area contributed by atoms with E-state index in [9.17, 15) is 5.11 Å². The summed E-state index contributed by atoms with van der Waals surface area (Å²) in [4.78, 5) is 0. The van der Waals surface area contributed by atoms with Gasteiger partial charge in [-0.25, -0.2) is 0 Å². The Hall–Kier alpha value is -2.28. The number of benzene rings is 2. The zero-order valence-electron chi connectivity index (χ0n) is 9.30. The fraction of sp³-hybridized carbons (Fsp3) is 0. The van der Waals surface area contributed by atoms with E-state index in [-0.39, 0.29) is 5.76 Å². The van der Waals surface area contributed by atoms with Crippen molar-refractivity contribution in [2.24, 2.45) is 0 Å². The van der Waals surface area contributed by atoms with Gasteiger partial charge in [-0.1, -0.05) is 54.6 Å². The van der Waals surface area contributed by atoms with Crippen LogP contribution >= 0.6 is 0 Å². The zero-order chi connectivity index (χ0) is 11.7. The molecular weight excluding hydrogens is 208 g/mol. The van der Waals surface area contributed by atoms with Crippen molar-refractivity contribution in [1.82, 2.24) is 0 Å². The molecule has 3 rings (SSSR count). The highest BCUT2D eigenvalue weighted by Crippen LogP contribution is 2.31. The van der Waals surface area contributed by atoms with Crippen LogP contribution in [-0.2, 0) is 0 Å². The molecule has 0 amide bonds. The van der Waals surface area contributed by atoms with Crippen molar-refractivity contribution >= 4 is 12.2 Å². The normalized spacial score (nSPS) is 13.1. The molecule has 0 bridgehead atoms. The van der Waals surface area contributed by atoms with E-state index in [1.54, 1.807) is 12.2 Å². The summed E-state index contributed by atoms with van der Waals surface area (Å²) in [5.41, 5.74) is 4.52. The van der Waals surface area contributed by atoms with Gasteiger partial charge in [0.15, 0.2) is 0 Å². The van der Waals surface area contributed by atoms with E-state index in [1.165, 1.54) is 5.56 Å². The number of hydrogen-bond acceptors (Lipinski definition) is 1. The van der Waals surface area contributed by atoms with E-state index in [4.69, 9.17) is 0 Å². The van der Waals surface area contributed by atoms with E-state index >= 15 is 0 Å². The fourth-order valence-electron chi connectivity index (χ4n) is 2.14. The molecule has 0 aromatic heterocycles. The molecule has 0 heterocycles. The van der Waals surface area contributed by atoms with Gasteiger partial charge in [-0.2, -0.15) is 0 Å². The smallest absolute Gasteiger partial charge is 0.116 e. The summed E-state index contributed by atoms with van der Waals surface area (Å²) in [6.45, 7) is 0. The summed E-state index contributed by atoms with van der Waals surface area (Å²) < 4.78 is 0. The SMILES string of the molecule is OC1=Cc2ccccc2-c2ccccc2C=C1. The lowest BCUT2D eigenvalue weighted by Crippen LogP contribution is -1.90. The Labute approximate surface area is 100 Å². The Balaban J connectivity index is 2.35. The van der Waals surface area contributed by atoms with Crippen LogP contribution in [0.25, 0.3) is 23.3 Å². The van der Waals surface area contributed by atoms with Crippen LogP contribution in [0.3, 0.4) is 0 Å². The highest BCUT2D eigenvalue weighted by atomic mass is 16.3. The third-order valence-electron chi connectivity index (χ3n) is 2.95. The molecule has 0 aliphatic heterocycles. The summed E-state index contributed by atoms with van der Waals surface area (Å²) in [6.07, 6.45) is 5.47.